The molecule has 444 valence electrons. The van der Waals surface area contributed by atoms with Gasteiger partial charge in [-0.2, -0.15) is 5.10 Å². The van der Waals surface area contributed by atoms with Crippen molar-refractivity contribution in [3.63, 3.8) is 0 Å². The Hall–Kier alpha value is -6.70. The molecule has 3 atom stereocenters. The second kappa shape index (κ2) is 28.7. The van der Waals surface area contributed by atoms with Crippen LogP contribution in [0.15, 0.2) is 78.7 Å². The van der Waals surface area contributed by atoms with E-state index in [4.69, 9.17) is 23.9 Å². The van der Waals surface area contributed by atoms with Gasteiger partial charge < -0.3 is 44.9 Å². The Kier molecular flexibility index (Phi) is 21.1. The molecule has 3 fully saturated rings. The third-order valence-corrected chi connectivity index (χ3v) is 16.2. The molecule has 3 aromatic carbocycles. The first kappa shape index (κ1) is 60.9. The molecule has 3 saturated heterocycles. The standard InChI is InChI=1S/C60H75F2N11O9S/c1-39-56(83-38-66-39)41-10-8-40(9-11-41)31-65-58(77)52-30-45(74)35-72(52)59(78)57(60(2,3)4)69-53(75)14-20-79-24-26-82-27-25-80-21-15-63-54(76)37-70-16-12-44(13-17-70)73-34-43(32-67-73)51-33-64-50-7-5-6-46(55(50)68-51)42-28-48(61)47(49(62)29-42)36-71-18-22-81-23-19-71/h5-11,28-29,32-34,38,44-45,52,57,74H,12-27,30-31,35-37H2,1-4H3,(H,63,76)(H,65,77)(H,69,75)/t45-,52+,57-/m1/s1. The number of aromatic nitrogens is 5. The largest absolute Gasteiger partial charge is 0.391 e. The van der Waals surface area contributed by atoms with Crippen molar-refractivity contribution in [1.82, 2.24) is 55.4 Å². The molecule has 3 aliphatic rings. The van der Waals surface area contributed by atoms with Crippen molar-refractivity contribution in [2.24, 2.45) is 5.41 Å². The van der Waals surface area contributed by atoms with Crippen LogP contribution >= 0.6 is 11.3 Å². The maximum absolute atomic E-state index is 15.4. The predicted molar refractivity (Wildman–Crippen MR) is 309 cm³/mol. The fourth-order valence-electron chi connectivity index (χ4n) is 10.6. The number of nitrogens with one attached hydrogen (secondary N) is 3. The first-order valence-corrected chi connectivity index (χ1v) is 29.3. The van der Waals surface area contributed by atoms with E-state index in [2.05, 4.69) is 35.9 Å². The van der Waals surface area contributed by atoms with E-state index in [1.807, 2.05) is 79.3 Å². The van der Waals surface area contributed by atoms with Crippen molar-refractivity contribution >= 4 is 46.0 Å². The fraction of sp³-hybridized carbons (Fsp3) is 0.500. The van der Waals surface area contributed by atoms with E-state index in [-0.39, 0.29) is 88.2 Å². The molecule has 0 radical (unpaired) electrons. The number of aliphatic hydroxyl groups excluding tert-OH is 1. The number of nitrogens with zero attached hydrogens (tertiary/aromatic N) is 8. The highest BCUT2D eigenvalue weighted by molar-refractivity contribution is 7.13. The van der Waals surface area contributed by atoms with Gasteiger partial charge in [0, 0.05) is 88.1 Å². The summed E-state index contributed by atoms with van der Waals surface area (Å²) >= 11 is 1.57. The molecule has 83 heavy (non-hydrogen) atoms. The molecule has 4 amide bonds. The Labute approximate surface area is 486 Å². The zero-order valence-electron chi connectivity index (χ0n) is 47.6. The number of hydrogen-bond acceptors (Lipinski definition) is 16. The molecule has 6 heterocycles. The van der Waals surface area contributed by atoms with E-state index in [1.165, 1.54) is 17.0 Å². The molecule has 23 heteroatoms. The van der Waals surface area contributed by atoms with Crippen molar-refractivity contribution < 1.29 is 52.0 Å². The number of para-hydroxylation sites is 1. The number of piperidine rings is 1. The number of hydrogen-bond donors (Lipinski definition) is 4. The van der Waals surface area contributed by atoms with Crippen molar-refractivity contribution in [3.8, 4) is 32.8 Å². The average molecular weight is 1160 g/mol. The predicted octanol–water partition coefficient (Wildman–Crippen LogP) is 5.70. The number of benzene rings is 3. The molecule has 0 spiro atoms. The molecule has 0 aliphatic carbocycles. The SMILES string of the molecule is Cc1ncsc1-c1ccc(CNC(=O)[C@@H]2C[C@@H](O)CN2C(=O)[C@@H](NC(=O)CCOCCOCCOCCNC(=O)CN2CCC(n3cc(-c4cnc5cccc(-c6cc(F)c(CN7CCOCC7)c(F)c6)c5n4)cn3)CC2)C(C)(C)C)cc1. The summed E-state index contributed by atoms with van der Waals surface area (Å²) in [4.78, 5) is 73.8. The van der Waals surface area contributed by atoms with Crippen LogP contribution in [0.1, 0.15) is 69.3 Å². The van der Waals surface area contributed by atoms with Crippen LogP contribution in [0.3, 0.4) is 0 Å². The number of carbonyl (C=O) groups excluding carboxylic acids is 4. The zero-order valence-corrected chi connectivity index (χ0v) is 48.4. The highest BCUT2D eigenvalue weighted by atomic mass is 32.1. The topological polar surface area (TPSA) is 228 Å². The van der Waals surface area contributed by atoms with Crippen LogP contribution < -0.4 is 16.0 Å². The molecule has 3 aromatic heterocycles. The van der Waals surface area contributed by atoms with Gasteiger partial charge in [-0.05, 0) is 60.1 Å². The van der Waals surface area contributed by atoms with E-state index in [0.29, 0.717) is 80.5 Å². The van der Waals surface area contributed by atoms with Gasteiger partial charge in [0.25, 0.3) is 0 Å². The monoisotopic (exact) mass is 1160 g/mol. The normalized spacial score (nSPS) is 17.7. The Morgan fingerprint density at radius 1 is 0.831 bits per heavy atom. The molecule has 3 aliphatic heterocycles. The van der Waals surface area contributed by atoms with E-state index in [1.54, 1.807) is 35.9 Å². The Morgan fingerprint density at radius 3 is 2.24 bits per heavy atom. The lowest BCUT2D eigenvalue weighted by Gasteiger charge is -2.35. The average Bonchev–Trinajstić information content (AvgIpc) is 4.36. The van der Waals surface area contributed by atoms with Gasteiger partial charge in [-0.1, -0.05) is 57.2 Å². The fourth-order valence-corrected chi connectivity index (χ4v) is 11.4. The van der Waals surface area contributed by atoms with Gasteiger partial charge in [0.15, 0.2) is 0 Å². The third kappa shape index (κ3) is 16.4. The van der Waals surface area contributed by atoms with E-state index in [9.17, 15) is 24.3 Å². The van der Waals surface area contributed by atoms with Gasteiger partial charge in [-0.25, -0.2) is 18.7 Å². The van der Waals surface area contributed by atoms with Crippen molar-refractivity contribution in [2.45, 2.75) is 90.7 Å². The van der Waals surface area contributed by atoms with E-state index >= 15 is 8.78 Å². The van der Waals surface area contributed by atoms with Crippen molar-refractivity contribution in [3.05, 3.63) is 107 Å². The van der Waals surface area contributed by atoms with Crippen LogP contribution in [0.25, 0.3) is 43.9 Å². The Morgan fingerprint density at radius 2 is 1.54 bits per heavy atom. The first-order valence-electron chi connectivity index (χ1n) is 28.4. The van der Waals surface area contributed by atoms with Crippen LogP contribution in [0.2, 0.25) is 0 Å². The van der Waals surface area contributed by atoms with E-state index in [0.717, 1.165) is 53.2 Å². The van der Waals surface area contributed by atoms with Gasteiger partial charge in [-0.15, -0.1) is 11.3 Å². The lowest BCUT2D eigenvalue weighted by molar-refractivity contribution is -0.144. The number of aliphatic hydroxyl groups is 1. The van der Waals surface area contributed by atoms with Gasteiger partial charge in [-0.3, -0.25) is 38.6 Å². The number of carbonyl (C=O) groups is 4. The van der Waals surface area contributed by atoms with Crippen molar-refractivity contribution in [1.29, 1.82) is 0 Å². The number of ether oxygens (including phenoxy) is 4. The molecular weight excluding hydrogens is 1090 g/mol. The maximum atomic E-state index is 15.4. The number of amides is 4. The first-order chi connectivity index (χ1) is 40.1. The summed E-state index contributed by atoms with van der Waals surface area (Å²) in [7, 11) is 0. The second-order valence-electron chi connectivity index (χ2n) is 22.3. The van der Waals surface area contributed by atoms with Gasteiger partial charge >= 0.3 is 0 Å². The van der Waals surface area contributed by atoms with Crippen LogP contribution in [0.5, 0.6) is 0 Å². The molecule has 0 saturated carbocycles. The molecule has 0 unspecified atom stereocenters. The summed E-state index contributed by atoms with van der Waals surface area (Å²) in [6.45, 7) is 13.8. The zero-order chi connectivity index (χ0) is 58.5. The molecule has 6 aromatic rings. The molecule has 0 bridgehead atoms. The van der Waals surface area contributed by atoms with Crippen LogP contribution in [0.4, 0.5) is 8.78 Å². The van der Waals surface area contributed by atoms with Crippen LogP contribution in [-0.4, -0.2) is 185 Å². The summed E-state index contributed by atoms with van der Waals surface area (Å²) in [6.07, 6.45) is 6.20. The minimum Gasteiger partial charge on any atom is -0.391 e. The molecule has 4 N–H and O–H groups in total. The number of likely N-dealkylation sites (tertiary alicyclic amines) is 2. The molecular formula is C60H75F2N11O9S. The van der Waals surface area contributed by atoms with E-state index < -0.39 is 41.1 Å². The minimum absolute atomic E-state index is 0.00496. The van der Waals surface area contributed by atoms with Gasteiger partial charge in [0.05, 0.1) is 117 Å². The van der Waals surface area contributed by atoms with Crippen LogP contribution in [0, 0.1) is 24.0 Å². The third-order valence-electron chi connectivity index (χ3n) is 15.2. The minimum atomic E-state index is -0.948. The second-order valence-corrected chi connectivity index (χ2v) is 23.2. The summed E-state index contributed by atoms with van der Waals surface area (Å²) in [5, 5.41) is 23.9. The molecule has 9 rings (SSSR count). The highest BCUT2D eigenvalue weighted by Gasteiger charge is 2.44. The summed E-state index contributed by atoms with van der Waals surface area (Å²) in [5.74, 6) is -2.48. The number of thiazole rings is 1. The number of rotatable bonds is 25. The van der Waals surface area contributed by atoms with Gasteiger partial charge in [0.2, 0.25) is 23.6 Å². The number of aryl methyl sites for hydroxylation is 1. The lowest BCUT2D eigenvalue weighted by atomic mass is 9.85. The number of morpholine rings is 1. The molecule has 20 nitrogen and oxygen atoms in total. The van der Waals surface area contributed by atoms with Crippen molar-refractivity contribution in [2.75, 3.05) is 98.7 Å². The summed E-state index contributed by atoms with van der Waals surface area (Å²) < 4.78 is 55.1. The smallest absolute Gasteiger partial charge is 0.246 e. The van der Waals surface area contributed by atoms with Crippen LogP contribution in [-0.2, 0) is 51.2 Å². The number of fused-ring (bicyclic) bond motifs is 1. The summed E-state index contributed by atoms with van der Waals surface area (Å²) in [5.41, 5.74) is 7.51. The lowest BCUT2D eigenvalue weighted by Crippen LogP contribution is -2.57. The Bertz CT molecular complexity index is 3140. The van der Waals surface area contributed by atoms with Gasteiger partial charge in [0.1, 0.15) is 23.7 Å². The number of β-amino-alcohol motifs (C(OH)–C–C–N with tert-alkyl or cyclic N) is 1. The highest BCUT2D eigenvalue weighted by Crippen LogP contribution is 2.33. The quantitative estimate of drug-likeness (QED) is 0.0504. The Balaban J connectivity index is 0.617. The summed E-state index contributed by atoms with van der Waals surface area (Å²) in [6, 6.07) is 14.3. The number of halogens is 2. The maximum Gasteiger partial charge on any atom is 0.246 e.